The summed E-state index contributed by atoms with van der Waals surface area (Å²) in [7, 11) is 0. The standard InChI is InChI=1S/C2H3N.OS/c1-2-3;1-2/h1H3;. The van der Waals surface area contributed by atoms with Crippen LogP contribution in [0.5, 0.6) is 0 Å². The average Bonchev–Trinajstić information content (AvgIpc) is 1.46. The Balaban J connectivity index is 0. The van der Waals surface area contributed by atoms with Gasteiger partial charge in [-0.3, -0.25) is 0 Å². The zero-order valence-electron chi connectivity index (χ0n) is 2.76. The molecule has 28 valence electrons. The number of nitrogens with zero attached hydrogens (tertiary/aromatic N) is 1. The van der Waals surface area contributed by atoms with Gasteiger partial charge in [-0.2, -0.15) is 9.47 Å². The minimum atomic E-state index is 1.43. The zero-order valence-corrected chi connectivity index (χ0v) is 3.58. The van der Waals surface area contributed by atoms with Gasteiger partial charge in [-0.25, -0.2) is 0 Å². The third kappa shape index (κ3) is 33.3. The Morgan fingerprint density at radius 3 is 1.80 bits per heavy atom. The molecule has 0 rings (SSSR count). The van der Waals surface area contributed by atoms with Crippen molar-refractivity contribution < 1.29 is 4.21 Å². The van der Waals surface area contributed by atoms with Crippen LogP contribution >= 0.6 is 0 Å². The number of hydrogen-bond acceptors (Lipinski definition) is 3. The van der Waals surface area contributed by atoms with Gasteiger partial charge in [-0.1, -0.05) is 0 Å². The van der Waals surface area contributed by atoms with Crippen molar-refractivity contribution in [1.29, 1.82) is 5.26 Å². The molecule has 0 atom stereocenters. The van der Waals surface area contributed by atoms with Crippen LogP contribution in [0.1, 0.15) is 6.92 Å². The van der Waals surface area contributed by atoms with Crippen LogP contribution in [-0.2, 0) is 12.5 Å². The SMILES string of the molecule is CC#N.O=S. The Morgan fingerprint density at radius 1 is 1.80 bits per heavy atom. The number of rotatable bonds is 0. The van der Waals surface area contributed by atoms with Gasteiger partial charge in [0, 0.05) is 6.92 Å². The van der Waals surface area contributed by atoms with Gasteiger partial charge >= 0.3 is 0 Å². The third-order valence-electron chi connectivity index (χ3n) is 0. The molecule has 2 nitrogen and oxygen atoms in total. The Hall–Kier alpha value is -0.490. The molecule has 0 radical (unpaired) electrons. The Morgan fingerprint density at radius 2 is 1.80 bits per heavy atom. The van der Waals surface area contributed by atoms with Crippen molar-refractivity contribution in [1.82, 2.24) is 0 Å². The van der Waals surface area contributed by atoms with Crippen LogP contribution in [0.15, 0.2) is 0 Å². The summed E-state index contributed by atoms with van der Waals surface area (Å²) in [4.78, 5) is 0. The highest BCUT2D eigenvalue weighted by Crippen LogP contribution is 1.21. The second kappa shape index (κ2) is 85.0. The topological polar surface area (TPSA) is 40.9 Å². The highest BCUT2D eigenvalue weighted by atomic mass is 32.1. The summed E-state index contributed by atoms with van der Waals surface area (Å²) in [6.07, 6.45) is 0. The highest BCUT2D eigenvalue weighted by Gasteiger charge is 1.17. The summed E-state index contributed by atoms with van der Waals surface area (Å²) in [5.74, 6) is 0. The Labute approximate surface area is 35.9 Å². The molecule has 5 heavy (non-hydrogen) atoms. The highest BCUT2D eigenvalue weighted by molar-refractivity contribution is 7.44. The zero-order chi connectivity index (χ0) is 4.71. The predicted octanol–water partition coefficient (Wildman–Crippen LogP) is 0.194. The van der Waals surface area contributed by atoms with E-state index in [1.165, 1.54) is 6.92 Å². The molecule has 0 saturated heterocycles. The molecule has 0 heterocycles. The van der Waals surface area contributed by atoms with Crippen molar-refractivity contribution >= 4 is 12.5 Å². The van der Waals surface area contributed by atoms with E-state index < -0.39 is 0 Å². The second-order valence-corrected chi connectivity index (χ2v) is 0.224. The molecule has 0 N–H and O–H groups in total. The molecule has 0 aliphatic heterocycles. The molecule has 0 aliphatic carbocycles. The first-order chi connectivity index (χ1) is 2.41. The fraction of sp³-hybridized carbons (Fsp3) is 0.500. The van der Waals surface area contributed by atoms with Crippen LogP contribution in [-0.4, -0.2) is 4.21 Å². The molecular formula is C2H3NOS. The Bertz CT molecular complexity index is 39.4. The van der Waals surface area contributed by atoms with Crippen molar-refractivity contribution in [3.8, 4) is 6.07 Å². The monoisotopic (exact) mass is 89.0 g/mol. The summed E-state index contributed by atoms with van der Waals surface area (Å²) >= 11 is 2.83. The van der Waals surface area contributed by atoms with Gasteiger partial charge in [0.2, 0.25) is 0 Å². The molecule has 0 aliphatic rings. The lowest BCUT2D eigenvalue weighted by molar-refractivity contribution is 0.702. The molecule has 0 spiro atoms. The summed E-state index contributed by atoms with van der Waals surface area (Å²) in [5, 5.41) is 7.32. The van der Waals surface area contributed by atoms with Crippen LogP contribution < -0.4 is 0 Å². The van der Waals surface area contributed by atoms with Crippen molar-refractivity contribution in [3.05, 3.63) is 0 Å². The lowest BCUT2D eigenvalue weighted by Crippen LogP contribution is -1.10. The molecule has 0 aromatic heterocycles. The van der Waals surface area contributed by atoms with Crippen molar-refractivity contribution in [2.75, 3.05) is 0 Å². The molecular weight excluding hydrogens is 86.1 g/mol. The maximum atomic E-state index is 7.83. The molecule has 0 saturated carbocycles. The van der Waals surface area contributed by atoms with Crippen LogP contribution in [0, 0.1) is 11.3 Å². The maximum absolute atomic E-state index is 7.83. The quantitative estimate of drug-likeness (QED) is 0.425. The van der Waals surface area contributed by atoms with Crippen LogP contribution in [0.25, 0.3) is 0 Å². The molecule has 0 unspecified atom stereocenters. The maximum Gasteiger partial charge on any atom is 0.197 e. The summed E-state index contributed by atoms with van der Waals surface area (Å²) in [6.45, 7) is 1.43. The van der Waals surface area contributed by atoms with Gasteiger partial charge in [0.1, 0.15) is 0 Å². The average molecular weight is 89.1 g/mol. The van der Waals surface area contributed by atoms with Crippen molar-refractivity contribution in [2.45, 2.75) is 6.92 Å². The predicted molar refractivity (Wildman–Crippen MR) is 19.4 cm³/mol. The van der Waals surface area contributed by atoms with E-state index in [2.05, 4.69) is 12.5 Å². The third-order valence-corrected chi connectivity index (χ3v) is 0. The first kappa shape index (κ1) is 8.82. The van der Waals surface area contributed by atoms with Crippen LogP contribution in [0.2, 0.25) is 0 Å². The summed E-state index contributed by atoms with van der Waals surface area (Å²) < 4.78 is 7.83. The largest absolute Gasteiger partial charge is 0.199 e. The fourth-order valence-corrected chi connectivity index (χ4v) is 0. The minimum Gasteiger partial charge on any atom is -0.199 e. The fourth-order valence-electron chi connectivity index (χ4n) is 0. The van der Waals surface area contributed by atoms with Gasteiger partial charge in [-0.15, -0.1) is 0 Å². The first-order valence-corrected chi connectivity index (χ1v) is 1.22. The van der Waals surface area contributed by atoms with E-state index in [1.54, 1.807) is 6.07 Å². The van der Waals surface area contributed by atoms with E-state index in [0.29, 0.717) is 0 Å². The summed E-state index contributed by atoms with van der Waals surface area (Å²) in [5.41, 5.74) is 0. The smallest absolute Gasteiger partial charge is 0.197 e. The Kier molecular flexibility index (Phi) is 150. The van der Waals surface area contributed by atoms with Gasteiger partial charge in [-0.05, 0) is 0 Å². The summed E-state index contributed by atoms with van der Waals surface area (Å²) in [6, 6.07) is 1.75. The number of hydrogen-bond donors (Lipinski definition) is 0. The van der Waals surface area contributed by atoms with Gasteiger partial charge in [0.05, 0.1) is 6.07 Å². The normalized spacial score (nSPS) is 2.40. The van der Waals surface area contributed by atoms with Crippen molar-refractivity contribution in [3.63, 3.8) is 0 Å². The van der Waals surface area contributed by atoms with Crippen LogP contribution in [0.3, 0.4) is 0 Å². The molecule has 0 amide bonds. The van der Waals surface area contributed by atoms with E-state index in [1.807, 2.05) is 0 Å². The minimum absolute atomic E-state index is 1.43. The number of nitriles is 1. The molecule has 0 aromatic rings. The van der Waals surface area contributed by atoms with E-state index in [4.69, 9.17) is 9.47 Å². The lowest BCUT2D eigenvalue weighted by atomic mass is 11.0. The van der Waals surface area contributed by atoms with E-state index in [0.717, 1.165) is 0 Å². The van der Waals surface area contributed by atoms with E-state index in [9.17, 15) is 0 Å². The van der Waals surface area contributed by atoms with E-state index >= 15 is 0 Å². The molecule has 0 fully saturated rings. The molecule has 0 bridgehead atoms. The van der Waals surface area contributed by atoms with E-state index in [-0.39, 0.29) is 0 Å². The van der Waals surface area contributed by atoms with Gasteiger partial charge in [0.15, 0.2) is 12.5 Å². The van der Waals surface area contributed by atoms with Crippen LogP contribution in [0.4, 0.5) is 0 Å². The molecule has 3 heteroatoms. The molecule has 0 aromatic carbocycles. The van der Waals surface area contributed by atoms with Crippen molar-refractivity contribution in [2.24, 2.45) is 0 Å². The lowest BCUT2D eigenvalue weighted by Gasteiger charge is -1.15. The second-order valence-electron chi connectivity index (χ2n) is 0.224. The van der Waals surface area contributed by atoms with Gasteiger partial charge in [0.25, 0.3) is 0 Å². The van der Waals surface area contributed by atoms with Gasteiger partial charge < -0.3 is 0 Å². The first-order valence-electron chi connectivity index (χ1n) is 0.890.